The minimum atomic E-state index is -0.336. The van der Waals surface area contributed by atoms with Gasteiger partial charge in [-0.25, -0.2) is 0 Å². The minimum absolute atomic E-state index is 0.167. The van der Waals surface area contributed by atoms with E-state index in [9.17, 15) is 10.2 Å². The number of phenols is 2. The molecule has 3 aromatic rings. The van der Waals surface area contributed by atoms with E-state index in [-0.39, 0.29) is 17.6 Å². The molecule has 0 fully saturated rings. The molecule has 0 bridgehead atoms. The SMILES string of the molecule is Oc1ccc(C2=Cc3ccc(O)cc3OC2c2cccnc2)cc1. The van der Waals surface area contributed by atoms with E-state index >= 15 is 0 Å². The number of benzene rings is 2. The third kappa shape index (κ3) is 2.58. The highest BCUT2D eigenvalue weighted by Crippen LogP contribution is 2.43. The monoisotopic (exact) mass is 317 g/mol. The molecular weight excluding hydrogens is 302 g/mol. The third-order valence-electron chi connectivity index (χ3n) is 4.02. The van der Waals surface area contributed by atoms with Crippen LogP contribution in [0.5, 0.6) is 17.2 Å². The van der Waals surface area contributed by atoms with Gasteiger partial charge < -0.3 is 14.9 Å². The van der Waals surface area contributed by atoms with Crippen LogP contribution in [-0.4, -0.2) is 15.2 Å². The van der Waals surface area contributed by atoms with Crippen LogP contribution in [0.4, 0.5) is 0 Å². The summed E-state index contributed by atoms with van der Waals surface area (Å²) in [6, 6.07) is 15.9. The molecule has 118 valence electrons. The topological polar surface area (TPSA) is 62.6 Å². The fraction of sp³-hybridized carbons (Fsp3) is 0.0500. The molecule has 0 radical (unpaired) electrons. The molecule has 1 aliphatic rings. The lowest BCUT2D eigenvalue weighted by Crippen LogP contribution is -2.14. The fourth-order valence-corrected chi connectivity index (χ4v) is 2.85. The number of nitrogens with zero attached hydrogens (tertiary/aromatic N) is 1. The summed E-state index contributed by atoms with van der Waals surface area (Å²) in [6.07, 6.45) is 5.20. The van der Waals surface area contributed by atoms with Gasteiger partial charge in [0, 0.05) is 35.2 Å². The first-order valence-electron chi connectivity index (χ1n) is 7.61. The molecule has 0 amide bonds. The maximum Gasteiger partial charge on any atom is 0.151 e. The van der Waals surface area contributed by atoms with Crippen LogP contribution in [0, 0.1) is 0 Å². The third-order valence-corrected chi connectivity index (χ3v) is 4.02. The van der Waals surface area contributed by atoms with Crippen molar-refractivity contribution < 1.29 is 14.9 Å². The largest absolute Gasteiger partial charge is 0.508 e. The molecule has 0 saturated heterocycles. The number of rotatable bonds is 2. The molecule has 0 aliphatic carbocycles. The lowest BCUT2D eigenvalue weighted by molar-refractivity contribution is 0.259. The van der Waals surface area contributed by atoms with Crippen LogP contribution in [0.2, 0.25) is 0 Å². The highest BCUT2D eigenvalue weighted by molar-refractivity contribution is 5.88. The minimum Gasteiger partial charge on any atom is -0.508 e. The Morgan fingerprint density at radius 1 is 0.917 bits per heavy atom. The van der Waals surface area contributed by atoms with Gasteiger partial charge in [-0.3, -0.25) is 4.98 Å². The first-order chi connectivity index (χ1) is 11.7. The predicted octanol–water partition coefficient (Wildman–Crippen LogP) is 4.17. The van der Waals surface area contributed by atoms with E-state index in [1.807, 2.05) is 36.4 Å². The van der Waals surface area contributed by atoms with Crippen molar-refractivity contribution in [3.05, 3.63) is 83.7 Å². The van der Waals surface area contributed by atoms with Crippen LogP contribution < -0.4 is 4.74 Å². The number of hydrogen-bond acceptors (Lipinski definition) is 4. The van der Waals surface area contributed by atoms with Gasteiger partial charge in [0.25, 0.3) is 0 Å². The van der Waals surface area contributed by atoms with E-state index in [4.69, 9.17) is 4.74 Å². The van der Waals surface area contributed by atoms with Crippen molar-refractivity contribution in [3.63, 3.8) is 0 Å². The molecular formula is C20H15NO3. The van der Waals surface area contributed by atoms with Crippen molar-refractivity contribution in [1.29, 1.82) is 0 Å². The maximum atomic E-state index is 9.72. The number of fused-ring (bicyclic) bond motifs is 1. The van der Waals surface area contributed by atoms with Gasteiger partial charge in [-0.15, -0.1) is 0 Å². The van der Waals surface area contributed by atoms with Crippen LogP contribution >= 0.6 is 0 Å². The van der Waals surface area contributed by atoms with E-state index in [0.29, 0.717) is 5.75 Å². The molecule has 4 nitrogen and oxygen atoms in total. The molecule has 2 heterocycles. The zero-order chi connectivity index (χ0) is 16.5. The maximum absolute atomic E-state index is 9.72. The molecule has 1 aliphatic heterocycles. The van der Waals surface area contributed by atoms with Gasteiger partial charge in [-0.2, -0.15) is 0 Å². The zero-order valence-corrected chi connectivity index (χ0v) is 12.8. The normalized spacial score (nSPS) is 16.0. The Morgan fingerprint density at radius 2 is 1.71 bits per heavy atom. The smallest absolute Gasteiger partial charge is 0.151 e. The molecule has 2 N–H and O–H groups in total. The van der Waals surface area contributed by atoms with Gasteiger partial charge in [0.2, 0.25) is 0 Å². The summed E-state index contributed by atoms with van der Waals surface area (Å²) in [5.41, 5.74) is 3.75. The average molecular weight is 317 g/mol. The summed E-state index contributed by atoms with van der Waals surface area (Å²) in [7, 11) is 0. The summed E-state index contributed by atoms with van der Waals surface area (Å²) in [4.78, 5) is 4.18. The Balaban J connectivity index is 1.87. The quantitative estimate of drug-likeness (QED) is 0.745. The number of ether oxygens (including phenoxy) is 1. The number of aromatic nitrogens is 1. The van der Waals surface area contributed by atoms with E-state index in [2.05, 4.69) is 4.98 Å². The summed E-state index contributed by atoms with van der Waals surface area (Å²) >= 11 is 0. The zero-order valence-electron chi connectivity index (χ0n) is 12.8. The van der Waals surface area contributed by atoms with Crippen molar-refractivity contribution in [2.45, 2.75) is 6.10 Å². The van der Waals surface area contributed by atoms with Gasteiger partial charge in [0.1, 0.15) is 17.2 Å². The molecule has 1 atom stereocenters. The first kappa shape index (κ1) is 14.3. The van der Waals surface area contributed by atoms with Crippen LogP contribution in [-0.2, 0) is 0 Å². The summed E-state index contributed by atoms with van der Waals surface area (Å²) < 4.78 is 6.17. The lowest BCUT2D eigenvalue weighted by atomic mass is 9.91. The number of hydrogen-bond donors (Lipinski definition) is 2. The van der Waals surface area contributed by atoms with Crippen LogP contribution in [0.15, 0.2) is 67.0 Å². The number of phenolic OH excluding ortho intramolecular Hbond substituents is 2. The van der Waals surface area contributed by atoms with E-state index in [1.54, 1.807) is 36.7 Å². The molecule has 0 spiro atoms. The summed E-state index contributed by atoms with van der Waals surface area (Å²) in [5.74, 6) is 1.02. The molecule has 4 rings (SSSR count). The molecule has 1 aromatic heterocycles. The first-order valence-corrected chi connectivity index (χ1v) is 7.61. The Hall–Kier alpha value is -3.27. The number of aromatic hydroxyl groups is 2. The lowest BCUT2D eigenvalue weighted by Gasteiger charge is -2.28. The second kappa shape index (κ2) is 5.74. The second-order valence-electron chi connectivity index (χ2n) is 5.65. The van der Waals surface area contributed by atoms with E-state index in [0.717, 1.165) is 22.3 Å². The van der Waals surface area contributed by atoms with Gasteiger partial charge in [-0.05, 0) is 42.0 Å². The highest BCUT2D eigenvalue weighted by atomic mass is 16.5. The van der Waals surface area contributed by atoms with Crippen molar-refractivity contribution >= 4 is 11.6 Å². The highest BCUT2D eigenvalue weighted by Gasteiger charge is 2.26. The Labute approximate surface area is 139 Å². The Bertz CT molecular complexity index is 902. The van der Waals surface area contributed by atoms with Crippen molar-refractivity contribution in [3.8, 4) is 17.2 Å². The van der Waals surface area contributed by atoms with Crippen LogP contribution in [0.1, 0.15) is 22.8 Å². The average Bonchev–Trinajstić information content (AvgIpc) is 2.62. The molecule has 1 unspecified atom stereocenters. The number of pyridine rings is 1. The van der Waals surface area contributed by atoms with Crippen molar-refractivity contribution in [2.24, 2.45) is 0 Å². The van der Waals surface area contributed by atoms with Crippen molar-refractivity contribution in [2.75, 3.05) is 0 Å². The summed E-state index contributed by atoms with van der Waals surface area (Å²) in [6.45, 7) is 0. The van der Waals surface area contributed by atoms with Gasteiger partial charge in [0.05, 0.1) is 0 Å². The van der Waals surface area contributed by atoms with Crippen LogP contribution in [0.25, 0.3) is 11.6 Å². The molecule has 24 heavy (non-hydrogen) atoms. The second-order valence-corrected chi connectivity index (χ2v) is 5.65. The standard InChI is InChI=1S/C20H15NO3/c22-16-6-3-13(4-7-16)18-10-14-5-8-17(23)11-19(14)24-20(18)15-2-1-9-21-12-15/h1-12,20,22-23H. The van der Waals surface area contributed by atoms with E-state index in [1.165, 1.54) is 0 Å². The van der Waals surface area contributed by atoms with Crippen molar-refractivity contribution in [1.82, 2.24) is 4.98 Å². The van der Waals surface area contributed by atoms with Gasteiger partial charge >= 0.3 is 0 Å². The molecule has 2 aromatic carbocycles. The Kier molecular flexibility index (Phi) is 3.43. The van der Waals surface area contributed by atoms with Gasteiger partial charge in [0.15, 0.2) is 6.10 Å². The van der Waals surface area contributed by atoms with E-state index < -0.39 is 0 Å². The Morgan fingerprint density at radius 3 is 2.46 bits per heavy atom. The molecule has 0 saturated carbocycles. The van der Waals surface area contributed by atoms with Gasteiger partial charge in [-0.1, -0.05) is 18.2 Å². The molecule has 4 heteroatoms. The summed E-state index contributed by atoms with van der Waals surface area (Å²) in [5, 5.41) is 19.3. The predicted molar refractivity (Wildman–Crippen MR) is 91.7 cm³/mol. The van der Waals surface area contributed by atoms with Crippen LogP contribution in [0.3, 0.4) is 0 Å². The fourth-order valence-electron chi connectivity index (χ4n) is 2.85.